The van der Waals surface area contributed by atoms with Crippen molar-refractivity contribution in [3.05, 3.63) is 60.2 Å². The Morgan fingerprint density at radius 3 is 2.57 bits per heavy atom. The number of carbonyl (C=O) groups is 3. The molecular formula is C21H23N3O4. The Bertz CT molecular complexity index is 854. The lowest BCUT2D eigenvalue weighted by atomic mass is 10.1. The van der Waals surface area contributed by atoms with Crippen molar-refractivity contribution >= 4 is 29.1 Å². The molecule has 28 heavy (non-hydrogen) atoms. The van der Waals surface area contributed by atoms with Crippen molar-refractivity contribution in [1.82, 2.24) is 5.32 Å². The molecule has 146 valence electrons. The summed E-state index contributed by atoms with van der Waals surface area (Å²) in [5.41, 5.74) is 2.07. The maximum atomic E-state index is 12.1. The number of amides is 3. The van der Waals surface area contributed by atoms with Crippen molar-refractivity contribution in [1.29, 1.82) is 0 Å². The summed E-state index contributed by atoms with van der Waals surface area (Å²) in [5.74, 6) is -1.60. The quantitative estimate of drug-likeness (QED) is 0.660. The fourth-order valence-corrected chi connectivity index (χ4v) is 3.11. The van der Waals surface area contributed by atoms with E-state index in [0.717, 1.165) is 12.0 Å². The molecular weight excluding hydrogens is 358 g/mol. The highest BCUT2D eigenvalue weighted by molar-refractivity contribution is 6.39. The van der Waals surface area contributed by atoms with E-state index in [0.29, 0.717) is 30.8 Å². The van der Waals surface area contributed by atoms with Crippen molar-refractivity contribution in [3.8, 4) is 0 Å². The Labute approximate surface area is 163 Å². The number of hydrogen-bond donors (Lipinski definition) is 3. The molecule has 0 bridgehead atoms. The summed E-state index contributed by atoms with van der Waals surface area (Å²) in [6.07, 6.45) is 0.922. The highest BCUT2D eigenvalue weighted by Gasteiger charge is 2.22. The van der Waals surface area contributed by atoms with Crippen LogP contribution in [0.5, 0.6) is 0 Å². The standard InChI is InChI=1S/C21H23N3O4/c25-18(12-15-6-2-1-3-7-15)14-22-20(27)21(28)23-16-8-4-9-17(13-16)24-11-5-10-19(24)26/h1-4,6-9,13,18,25H,5,10-12,14H2,(H,22,27)(H,23,28)/t18-/m0/s1. The SMILES string of the molecule is O=C(NC[C@@H](O)Cc1ccccc1)C(=O)Nc1cccc(N2CCCC2=O)c1. The predicted octanol–water partition coefficient (Wildman–Crippen LogP) is 1.47. The molecule has 1 fully saturated rings. The molecule has 0 aliphatic carbocycles. The maximum absolute atomic E-state index is 12.1. The van der Waals surface area contributed by atoms with E-state index in [2.05, 4.69) is 10.6 Å². The minimum atomic E-state index is -0.824. The molecule has 0 aromatic heterocycles. The molecule has 1 saturated heterocycles. The molecule has 2 aromatic rings. The Balaban J connectivity index is 1.50. The maximum Gasteiger partial charge on any atom is 0.313 e. The smallest absolute Gasteiger partial charge is 0.313 e. The van der Waals surface area contributed by atoms with Crippen LogP contribution in [0.25, 0.3) is 0 Å². The first-order chi connectivity index (χ1) is 13.5. The summed E-state index contributed by atoms with van der Waals surface area (Å²) in [6, 6.07) is 16.2. The van der Waals surface area contributed by atoms with Gasteiger partial charge in [-0.15, -0.1) is 0 Å². The van der Waals surface area contributed by atoms with Gasteiger partial charge in [0.25, 0.3) is 0 Å². The Hall–Kier alpha value is -3.19. The lowest BCUT2D eigenvalue weighted by Gasteiger charge is -2.17. The third-order valence-electron chi connectivity index (χ3n) is 4.51. The van der Waals surface area contributed by atoms with Gasteiger partial charge in [-0.3, -0.25) is 14.4 Å². The largest absolute Gasteiger partial charge is 0.391 e. The summed E-state index contributed by atoms with van der Waals surface area (Å²) in [7, 11) is 0. The lowest BCUT2D eigenvalue weighted by molar-refractivity contribution is -0.136. The topological polar surface area (TPSA) is 98.7 Å². The van der Waals surface area contributed by atoms with E-state index < -0.39 is 17.9 Å². The van der Waals surface area contributed by atoms with Crippen molar-refractivity contribution in [2.75, 3.05) is 23.3 Å². The molecule has 0 unspecified atom stereocenters. The van der Waals surface area contributed by atoms with E-state index in [1.54, 1.807) is 29.2 Å². The highest BCUT2D eigenvalue weighted by Crippen LogP contribution is 2.24. The molecule has 3 amide bonds. The van der Waals surface area contributed by atoms with Crippen molar-refractivity contribution in [2.45, 2.75) is 25.4 Å². The number of anilines is 2. The molecule has 7 nitrogen and oxygen atoms in total. The second kappa shape index (κ2) is 9.14. The number of nitrogens with one attached hydrogen (secondary N) is 2. The molecule has 3 N–H and O–H groups in total. The number of aliphatic hydroxyl groups is 1. The lowest BCUT2D eigenvalue weighted by Crippen LogP contribution is -2.40. The predicted molar refractivity (Wildman–Crippen MR) is 106 cm³/mol. The average molecular weight is 381 g/mol. The Kier molecular flexibility index (Phi) is 6.39. The van der Waals surface area contributed by atoms with Gasteiger partial charge in [-0.2, -0.15) is 0 Å². The van der Waals surface area contributed by atoms with E-state index in [4.69, 9.17) is 0 Å². The summed E-state index contributed by atoms with van der Waals surface area (Å²) in [6.45, 7) is 0.624. The number of aliphatic hydroxyl groups excluding tert-OH is 1. The molecule has 3 rings (SSSR count). The Morgan fingerprint density at radius 1 is 1.07 bits per heavy atom. The minimum Gasteiger partial charge on any atom is -0.391 e. The number of hydrogen-bond acceptors (Lipinski definition) is 4. The summed E-state index contributed by atoms with van der Waals surface area (Å²) in [4.78, 5) is 37.6. The second-order valence-corrected chi connectivity index (χ2v) is 6.71. The molecule has 1 aliphatic heterocycles. The zero-order chi connectivity index (χ0) is 19.9. The second-order valence-electron chi connectivity index (χ2n) is 6.71. The van der Waals surface area contributed by atoms with Crippen LogP contribution in [0.3, 0.4) is 0 Å². The van der Waals surface area contributed by atoms with Crippen molar-refractivity contribution in [3.63, 3.8) is 0 Å². The number of nitrogens with zero attached hydrogens (tertiary/aromatic N) is 1. The van der Waals surface area contributed by atoms with E-state index in [9.17, 15) is 19.5 Å². The van der Waals surface area contributed by atoms with Gasteiger partial charge >= 0.3 is 11.8 Å². The first-order valence-electron chi connectivity index (χ1n) is 9.24. The number of rotatable bonds is 6. The van der Waals surface area contributed by atoms with Crippen LogP contribution in [0.1, 0.15) is 18.4 Å². The van der Waals surface area contributed by atoms with Gasteiger partial charge in [0, 0.05) is 37.3 Å². The first kappa shape index (κ1) is 19.6. The normalized spacial score (nSPS) is 14.6. The van der Waals surface area contributed by atoms with Crippen LogP contribution in [-0.4, -0.2) is 42.0 Å². The molecule has 0 spiro atoms. The van der Waals surface area contributed by atoms with E-state index in [1.165, 1.54) is 0 Å². The van der Waals surface area contributed by atoms with Crippen LogP contribution in [0, 0.1) is 0 Å². The van der Waals surface area contributed by atoms with Crippen LogP contribution >= 0.6 is 0 Å². The first-order valence-corrected chi connectivity index (χ1v) is 9.24. The van der Waals surface area contributed by atoms with Gasteiger partial charge in [0.05, 0.1) is 6.10 Å². The van der Waals surface area contributed by atoms with Gasteiger partial charge in [0.2, 0.25) is 5.91 Å². The summed E-state index contributed by atoms with van der Waals surface area (Å²) < 4.78 is 0. The van der Waals surface area contributed by atoms with E-state index >= 15 is 0 Å². The molecule has 0 radical (unpaired) electrons. The van der Waals surface area contributed by atoms with Crippen LogP contribution in [0.15, 0.2) is 54.6 Å². The molecule has 1 aliphatic rings. The fourth-order valence-electron chi connectivity index (χ4n) is 3.11. The van der Waals surface area contributed by atoms with Gasteiger partial charge < -0.3 is 20.6 Å². The van der Waals surface area contributed by atoms with Gasteiger partial charge in [0.1, 0.15) is 0 Å². The fraction of sp³-hybridized carbons (Fsp3) is 0.286. The molecule has 7 heteroatoms. The third kappa shape index (κ3) is 5.17. The van der Waals surface area contributed by atoms with E-state index in [1.807, 2.05) is 30.3 Å². The molecule has 2 aromatic carbocycles. The van der Waals surface area contributed by atoms with Gasteiger partial charge in [-0.05, 0) is 30.2 Å². The number of benzene rings is 2. The van der Waals surface area contributed by atoms with Crippen LogP contribution in [0.4, 0.5) is 11.4 Å². The monoisotopic (exact) mass is 381 g/mol. The molecule has 1 heterocycles. The average Bonchev–Trinajstić information content (AvgIpc) is 3.13. The van der Waals surface area contributed by atoms with Gasteiger partial charge in [-0.25, -0.2) is 0 Å². The zero-order valence-electron chi connectivity index (χ0n) is 15.4. The van der Waals surface area contributed by atoms with Crippen LogP contribution in [-0.2, 0) is 20.8 Å². The van der Waals surface area contributed by atoms with E-state index in [-0.39, 0.29) is 12.5 Å². The van der Waals surface area contributed by atoms with Gasteiger partial charge in [-0.1, -0.05) is 36.4 Å². The summed E-state index contributed by atoms with van der Waals surface area (Å²) in [5, 5.41) is 15.0. The minimum absolute atomic E-state index is 0.0243. The van der Waals surface area contributed by atoms with Gasteiger partial charge in [0.15, 0.2) is 0 Å². The summed E-state index contributed by atoms with van der Waals surface area (Å²) >= 11 is 0. The molecule has 0 saturated carbocycles. The zero-order valence-corrected chi connectivity index (χ0v) is 15.4. The van der Waals surface area contributed by atoms with Crippen molar-refractivity contribution in [2.24, 2.45) is 0 Å². The van der Waals surface area contributed by atoms with Crippen LogP contribution < -0.4 is 15.5 Å². The molecule has 1 atom stereocenters. The highest BCUT2D eigenvalue weighted by atomic mass is 16.3. The Morgan fingerprint density at radius 2 is 1.86 bits per heavy atom. The van der Waals surface area contributed by atoms with Crippen LogP contribution in [0.2, 0.25) is 0 Å². The number of carbonyl (C=O) groups excluding carboxylic acids is 3. The third-order valence-corrected chi connectivity index (χ3v) is 4.51. The van der Waals surface area contributed by atoms with Crippen molar-refractivity contribution < 1.29 is 19.5 Å².